The van der Waals surface area contributed by atoms with Crippen LogP contribution in [0.5, 0.6) is 0 Å². The normalized spacial score (nSPS) is 12.6. The van der Waals surface area contributed by atoms with E-state index < -0.39 is 0 Å². The van der Waals surface area contributed by atoms with E-state index in [1.807, 2.05) is 7.05 Å². The van der Waals surface area contributed by atoms with Crippen molar-refractivity contribution in [2.75, 3.05) is 27.2 Å². The van der Waals surface area contributed by atoms with E-state index >= 15 is 0 Å². The van der Waals surface area contributed by atoms with Gasteiger partial charge in [-0.3, -0.25) is 4.90 Å². The van der Waals surface area contributed by atoms with Crippen molar-refractivity contribution in [3.8, 4) is 0 Å². The second-order valence-corrected chi connectivity index (χ2v) is 5.25. The number of benzene rings is 2. The van der Waals surface area contributed by atoms with Gasteiger partial charge in [0.25, 0.3) is 0 Å². The van der Waals surface area contributed by atoms with Gasteiger partial charge in [-0.15, -0.1) is 0 Å². The molecule has 0 spiro atoms. The Balaban J connectivity index is 2.37. The Bertz CT molecular complexity index is 522. The van der Waals surface area contributed by atoms with Crippen molar-refractivity contribution < 1.29 is 0 Å². The lowest BCUT2D eigenvalue weighted by Gasteiger charge is -2.30. The molecule has 0 saturated carbocycles. The van der Waals surface area contributed by atoms with Crippen LogP contribution < -0.4 is 5.32 Å². The smallest absolute Gasteiger partial charge is 0.0602 e. The molecule has 20 heavy (non-hydrogen) atoms. The van der Waals surface area contributed by atoms with Crippen LogP contribution in [0.1, 0.15) is 22.7 Å². The molecule has 1 N–H and O–H groups in total. The minimum Gasteiger partial charge on any atom is -0.318 e. The zero-order valence-electron chi connectivity index (χ0n) is 12.6. The number of nitrogens with zero attached hydrogens (tertiary/aromatic N) is 1. The molecule has 0 aromatic heterocycles. The fourth-order valence-corrected chi connectivity index (χ4v) is 2.62. The van der Waals surface area contributed by atoms with Gasteiger partial charge >= 0.3 is 0 Å². The first-order valence-electron chi connectivity index (χ1n) is 7.19. The molecule has 0 aliphatic heterocycles. The minimum atomic E-state index is 0.311. The second-order valence-electron chi connectivity index (χ2n) is 5.25. The van der Waals surface area contributed by atoms with Gasteiger partial charge in [0.15, 0.2) is 0 Å². The Morgan fingerprint density at radius 2 is 1.65 bits per heavy atom. The van der Waals surface area contributed by atoms with Gasteiger partial charge in [0.2, 0.25) is 0 Å². The molecule has 0 radical (unpaired) electrons. The van der Waals surface area contributed by atoms with Crippen molar-refractivity contribution in [1.29, 1.82) is 0 Å². The van der Waals surface area contributed by atoms with E-state index in [0.29, 0.717) is 6.04 Å². The lowest BCUT2D eigenvalue weighted by Crippen LogP contribution is -2.32. The van der Waals surface area contributed by atoms with Crippen LogP contribution >= 0.6 is 0 Å². The highest BCUT2D eigenvalue weighted by Gasteiger charge is 2.19. The topological polar surface area (TPSA) is 15.3 Å². The average Bonchev–Trinajstić information content (AvgIpc) is 2.48. The molecule has 2 aromatic carbocycles. The van der Waals surface area contributed by atoms with Crippen molar-refractivity contribution in [2.24, 2.45) is 0 Å². The number of rotatable bonds is 6. The third-order valence-electron chi connectivity index (χ3n) is 3.75. The van der Waals surface area contributed by atoms with Crippen LogP contribution in [0, 0.1) is 6.92 Å². The van der Waals surface area contributed by atoms with Crippen LogP contribution in [0.2, 0.25) is 0 Å². The number of likely N-dealkylation sites (N-methyl/N-ethyl adjacent to an activating group) is 2. The highest BCUT2D eigenvalue weighted by Crippen LogP contribution is 2.29. The number of hydrogen-bond acceptors (Lipinski definition) is 2. The molecule has 2 rings (SSSR count). The zero-order valence-corrected chi connectivity index (χ0v) is 12.6. The van der Waals surface area contributed by atoms with Crippen LogP contribution in [0.3, 0.4) is 0 Å². The van der Waals surface area contributed by atoms with Gasteiger partial charge < -0.3 is 5.32 Å². The predicted octanol–water partition coefficient (Wildman–Crippen LogP) is 3.24. The first-order valence-corrected chi connectivity index (χ1v) is 7.19. The molecule has 0 saturated heterocycles. The highest BCUT2D eigenvalue weighted by molar-refractivity contribution is 5.36. The second kappa shape index (κ2) is 7.22. The zero-order chi connectivity index (χ0) is 14.4. The van der Waals surface area contributed by atoms with Gasteiger partial charge in [0.1, 0.15) is 0 Å². The van der Waals surface area contributed by atoms with E-state index in [-0.39, 0.29) is 0 Å². The Morgan fingerprint density at radius 1 is 1.00 bits per heavy atom. The maximum absolute atomic E-state index is 3.23. The summed E-state index contributed by atoms with van der Waals surface area (Å²) in [4.78, 5) is 2.41. The Hall–Kier alpha value is -1.64. The molecule has 2 heteroatoms. The van der Waals surface area contributed by atoms with Crippen molar-refractivity contribution in [1.82, 2.24) is 10.2 Å². The summed E-state index contributed by atoms with van der Waals surface area (Å²) in [5, 5.41) is 3.23. The largest absolute Gasteiger partial charge is 0.318 e. The van der Waals surface area contributed by atoms with Crippen LogP contribution in [0.25, 0.3) is 0 Å². The summed E-state index contributed by atoms with van der Waals surface area (Å²) < 4.78 is 0. The fourth-order valence-electron chi connectivity index (χ4n) is 2.62. The molecule has 1 atom stereocenters. The third kappa shape index (κ3) is 3.47. The summed E-state index contributed by atoms with van der Waals surface area (Å²) >= 11 is 0. The van der Waals surface area contributed by atoms with E-state index in [1.54, 1.807) is 0 Å². The van der Waals surface area contributed by atoms with E-state index in [9.17, 15) is 0 Å². The van der Waals surface area contributed by atoms with Gasteiger partial charge in [0.05, 0.1) is 6.04 Å². The predicted molar refractivity (Wildman–Crippen MR) is 86.0 cm³/mol. The van der Waals surface area contributed by atoms with E-state index in [1.165, 1.54) is 16.7 Å². The summed E-state index contributed by atoms with van der Waals surface area (Å²) in [7, 11) is 4.20. The van der Waals surface area contributed by atoms with Crippen molar-refractivity contribution in [3.63, 3.8) is 0 Å². The molecule has 0 bridgehead atoms. The first kappa shape index (κ1) is 14.8. The van der Waals surface area contributed by atoms with Gasteiger partial charge in [-0.05, 0) is 37.7 Å². The molecule has 2 nitrogen and oxygen atoms in total. The van der Waals surface area contributed by atoms with Gasteiger partial charge in [-0.1, -0.05) is 54.6 Å². The van der Waals surface area contributed by atoms with Crippen LogP contribution in [0.15, 0.2) is 54.6 Å². The van der Waals surface area contributed by atoms with Gasteiger partial charge in [-0.2, -0.15) is 0 Å². The van der Waals surface area contributed by atoms with Crippen LogP contribution in [-0.4, -0.2) is 32.1 Å². The lowest BCUT2D eigenvalue weighted by molar-refractivity contribution is 0.280. The highest BCUT2D eigenvalue weighted by atomic mass is 15.1. The Labute approximate surface area is 122 Å². The fraction of sp³-hybridized carbons (Fsp3) is 0.333. The van der Waals surface area contributed by atoms with E-state index in [0.717, 1.165) is 13.1 Å². The molecular formula is C18H24N2. The lowest BCUT2D eigenvalue weighted by atomic mass is 9.94. The number of nitrogens with one attached hydrogen (secondary N) is 1. The molecule has 0 heterocycles. The Morgan fingerprint density at radius 3 is 2.30 bits per heavy atom. The van der Waals surface area contributed by atoms with Crippen LogP contribution in [0.4, 0.5) is 0 Å². The molecule has 0 amide bonds. The third-order valence-corrected chi connectivity index (χ3v) is 3.75. The quantitative estimate of drug-likeness (QED) is 0.865. The molecule has 1 unspecified atom stereocenters. The molecular weight excluding hydrogens is 244 g/mol. The minimum absolute atomic E-state index is 0.311. The average molecular weight is 268 g/mol. The SMILES string of the molecule is CNCCN(C)C(c1ccccc1)c1ccccc1C. The molecule has 106 valence electrons. The van der Waals surface area contributed by atoms with Gasteiger partial charge in [0, 0.05) is 13.1 Å². The van der Waals surface area contributed by atoms with E-state index in [4.69, 9.17) is 0 Å². The standard InChI is InChI=1S/C18H24N2/c1-15-9-7-8-12-17(15)18(20(3)14-13-19-2)16-10-5-4-6-11-16/h4-12,18-19H,13-14H2,1-3H3. The monoisotopic (exact) mass is 268 g/mol. The maximum atomic E-state index is 3.23. The molecule has 2 aromatic rings. The van der Waals surface area contributed by atoms with Crippen molar-refractivity contribution in [3.05, 3.63) is 71.3 Å². The summed E-state index contributed by atoms with van der Waals surface area (Å²) in [6.45, 7) is 4.20. The summed E-state index contributed by atoms with van der Waals surface area (Å²) in [5.41, 5.74) is 4.08. The number of hydrogen-bond donors (Lipinski definition) is 1. The molecule has 0 fully saturated rings. The molecule has 0 aliphatic rings. The van der Waals surface area contributed by atoms with Crippen LogP contribution in [-0.2, 0) is 0 Å². The van der Waals surface area contributed by atoms with E-state index in [2.05, 4.69) is 78.8 Å². The maximum Gasteiger partial charge on any atom is 0.0602 e. The van der Waals surface area contributed by atoms with Gasteiger partial charge in [-0.25, -0.2) is 0 Å². The van der Waals surface area contributed by atoms with Crippen molar-refractivity contribution in [2.45, 2.75) is 13.0 Å². The van der Waals surface area contributed by atoms with Crippen molar-refractivity contribution >= 4 is 0 Å². The summed E-state index contributed by atoms with van der Waals surface area (Å²) in [6.07, 6.45) is 0. The number of aryl methyl sites for hydroxylation is 1. The molecule has 0 aliphatic carbocycles. The summed E-state index contributed by atoms with van der Waals surface area (Å²) in [5.74, 6) is 0. The first-order chi connectivity index (χ1) is 9.74. The summed E-state index contributed by atoms with van der Waals surface area (Å²) in [6, 6.07) is 19.7. The Kier molecular flexibility index (Phi) is 5.33.